The van der Waals surface area contributed by atoms with E-state index >= 15 is 0 Å². The van der Waals surface area contributed by atoms with Gasteiger partial charge in [-0.1, -0.05) is 52.0 Å². The van der Waals surface area contributed by atoms with Gasteiger partial charge in [-0.05, 0) is 50.4 Å². The molecule has 0 amide bonds. The van der Waals surface area contributed by atoms with Crippen molar-refractivity contribution in [1.29, 1.82) is 0 Å². The summed E-state index contributed by atoms with van der Waals surface area (Å²) in [6.07, 6.45) is 15.8. The van der Waals surface area contributed by atoms with Gasteiger partial charge >= 0.3 is 0 Å². The average Bonchev–Trinajstić information content (AvgIpc) is 2.34. The summed E-state index contributed by atoms with van der Waals surface area (Å²) in [5.74, 6) is 1.37. The van der Waals surface area contributed by atoms with Crippen molar-refractivity contribution in [3.63, 3.8) is 0 Å². The molecule has 0 aromatic heterocycles. The van der Waals surface area contributed by atoms with Gasteiger partial charge in [0.25, 0.3) is 0 Å². The molecule has 1 heterocycles. The van der Waals surface area contributed by atoms with E-state index < -0.39 is 0 Å². The lowest BCUT2D eigenvalue weighted by molar-refractivity contribution is 0.442. The van der Waals surface area contributed by atoms with Crippen LogP contribution in [0.25, 0.3) is 0 Å². The van der Waals surface area contributed by atoms with E-state index in [1.165, 1.54) is 0 Å². The van der Waals surface area contributed by atoms with Crippen LogP contribution >= 0.6 is 0 Å². The topological polar surface area (TPSA) is 24.7 Å². The van der Waals surface area contributed by atoms with Gasteiger partial charge in [0.1, 0.15) is 0 Å². The van der Waals surface area contributed by atoms with E-state index in [0.717, 1.165) is 38.5 Å². The van der Waals surface area contributed by atoms with Crippen molar-refractivity contribution in [3.05, 3.63) is 24.3 Å². The highest BCUT2D eigenvalue weighted by atomic mass is 15.1. The maximum atomic E-state index is 4.67. The Hall–Kier alpha value is -0.920. The van der Waals surface area contributed by atoms with E-state index in [0.29, 0.717) is 23.9 Å². The molecular formula is C18H32N2. The quantitative estimate of drug-likeness (QED) is 0.566. The maximum absolute atomic E-state index is 4.67. The molecule has 0 radical (unpaired) electrons. The molecule has 0 bridgehead atoms. The van der Waals surface area contributed by atoms with Crippen LogP contribution in [-0.2, 0) is 0 Å². The lowest BCUT2D eigenvalue weighted by Gasteiger charge is -2.16. The molecule has 2 heteroatoms. The Morgan fingerprint density at radius 2 is 1.15 bits per heavy atom. The Morgan fingerprint density at radius 3 is 1.50 bits per heavy atom. The van der Waals surface area contributed by atoms with E-state index in [9.17, 15) is 0 Å². The largest absolute Gasteiger partial charge is 0.190 e. The zero-order chi connectivity index (χ0) is 14.8. The lowest BCUT2D eigenvalue weighted by Crippen LogP contribution is -2.11. The summed E-state index contributed by atoms with van der Waals surface area (Å²) in [6, 6.07) is 0.730. The molecule has 2 atom stereocenters. The highest BCUT2D eigenvalue weighted by Gasteiger charge is 2.12. The zero-order valence-corrected chi connectivity index (χ0v) is 13.8. The molecule has 0 aromatic carbocycles. The minimum atomic E-state index is 0.365. The van der Waals surface area contributed by atoms with Gasteiger partial charge in [0.2, 0.25) is 0 Å². The fourth-order valence-corrected chi connectivity index (χ4v) is 2.59. The molecule has 20 heavy (non-hydrogen) atoms. The summed E-state index contributed by atoms with van der Waals surface area (Å²) >= 11 is 0. The molecule has 114 valence electrons. The summed E-state index contributed by atoms with van der Waals surface area (Å²) < 4.78 is 0. The fraction of sp³-hybridized carbons (Fsp3) is 0.778. The van der Waals surface area contributed by atoms with Crippen LogP contribution in [0.5, 0.6) is 0 Å². The Labute approximate surface area is 125 Å². The number of allylic oxidation sites excluding steroid dienone is 2. The first-order chi connectivity index (χ1) is 9.58. The standard InChI is InChI=1S/C18H32N2/c1-15(2)13-17-11-9-7-5-6-8-10-12-18(20-19-17)14-16(3)4/h7-10,15-18H,5-6,11-14H2,1-4H3/b9-7+,10-8+,20-19?. The van der Waals surface area contributed by atoms with E-state index in [2.05, 4.69) is 62.2 Å². The zero-order valence-electron chi connectivity index (χ0n) is 13.8. The number of azo groups is 1. The average molecular weight is 276 g/mol. The van der Waals surface area contributed by atoms with Gasteiger partial charge in [-0.25, -0.2) is 0 Å². The summed E-state index contributed by atoms with van der Waals surface area (Å²) in [5.41, 5.74) is 0. The van der Waals surface area contributed by atoms with Crippen LogP contribution in [0.15, 0.2) is 34.5 Å². The van der Waals surface area contributed by atoms with Gasteiger partial charge in [0.15, 0.2) is 0 Å². The number of rotatable bonds is 4. The first-order valence-corrected chi connectivity index (χ1v) is 8.27. The highest BCUT2D eigenvalue weighted by molar-refractivity contribution is 4.93. The van der Waals surface area contributed by atoms with Gasteiger partial charge in [-0.2, -0.15) is 10.2 Å². The molecular weight excluding hydrogens is 244 g/mol. The fourth-order valence-electron chi connectivity index (χ4n) is 2.59. The summed E-state index contributed by atoms with van der Waals surface area (Å²) in [7, 11) is 0. The maximum Gasteiger partial charge on any atom is 0.0745 e. The molecule has 0 fully saturated rings. The van der Waals surface area contributed by atoms with Crippen LogP contribution in [0, 0.1) is 11.8 Å². The predicted octanol–water partition coefficient (Wildman–Crippen LogP) is 5.95. The van der Waals surface area contributed by atoms with Crippen molar-refractivity contribution in [2.45, 2.75) is 78.3 Å². The van der Waals surface area contributed by atoms with Crippen LogP contribution in [0.4, 0.5) is 0 Å². The first kappa shape index (κ1) is 17.1. The van der Waals surface area contributed by atoms with Crippen LogP contribution in [0.3, 0.4) is 0 Å². The molecule has 1 aliphatic heterocycles. The van der Waals surface area contributed by atoms with E-state index in [-0.39, 0.29) is 0 Å². The molecule has 2 unspecified atom stereocenters. The van der Waals surface area contributed by atoms with Crippen molar-refractivity contribution in [2.24, 2.45) is 22.1 Å². The van der Waals surface area contributed by atoms with Crippen molar-refractivity contribution < 1.29 is 0 Å². The molecule has 1 rings (SSSR count). The second-order valence-corrected chi connectivity index (χ2v) is 6.79. The molecule has 0 saturated heterocycles. The smallest absolute Gasteiger partial charge is 0.0745 e. The van der Waals surface area contributed by atoms with Gasteiger partial charge < -0.3 is 0 Å². The van der Waals surface area contributed by atoms with Crippen molar-refractivity contribution in [2.75, 3.05) is 0 Å². The monoisotopic (exact) mass is 276 g/mol. The van der Waals surface area contributed by atoms with Crippen LogP contribution < -0.4 is 0 Å². The van der Waals surface area contributed by atoms with E-state index in [1.54, 1.807) is 0 Å². The molecule has 0 aliphatic carbocycles. The molecule has 0 aromatic rings. The second-order valence-electron chi connectivity index (χ2n) is 6.79. The summed E-state index contributed by atoms with van der Waals surface area (Å²) in [4.78, 5) is 0. The van der Waals surface area contributed by atoms with Crippen LogP contribution in [0.2, 0.25) is 0 Å². The molecule has 0 saturated carbocycles. The normalized spacial score (nSPS) is 28.1. The SMILES string of the molecule is CC(C)CC1C/C=C/CC/C=C/CC(CC(C)C)N=N1. The number of hydrogen-bond donors (Lipinski definition) is 0. The molecule has 0 N–H and O–H groups in total. The second kappa shape index (κ2) is 9.90. The third-order valence-corrected chi connectivity index (χ3v) is 3.53. The Balaban J connectivity index is 2.72. The number of nitrogens with zero attached hydrogens (tertiary/aromatic N) is 2. The summed E-state index contributed by atoms with van der Waals surface area (Å²) in [6.45, 7) is 9.07. The minimum absolute atomic E-state index is 0.365. The van der Waals surface area contributed by atoms with E-state index in [4.69, 9.17) is 0 Å². The minimum Gasteiger partial charge on any atom is -0.190 e. The Kier molecular flexibility index (Phi) is 8.48. The van der Waals surface area contributed by atoms with Crippen LogP contribution in [0.1, 0.15) is 66.2 Å². The molecule has 2 nitrogen and oxygen atoms in total. The highest BCUT2D eigenvalue weighted by Crippen LogP contribution is 2.18. The third-order valence-electron chi connectivity index (χ3n) is 3.53. The predicted molar refractivity (Wildman–Crippen MR) is 88.1 cm³/mol. The van der Waals surface area contributed by atoms with Gasteiger partial charge in [-0.3, -0.25) is 0 Å². The Bertz CT molecular complexity index is 294. The van der Waals surface area contributed by atoms with E-state index in [1.807, 2.05) is 0 Å². The number of hydrogen-bond acceptors (Lipinski definition) is 2. The van der Waals surface area contributed by atoms with Gasteiger partial charge in [-0.15, -0.1) is 0 Å². The summed E-state index contributed by atoms with van der Waals surface area (Å²) in [5, 5.41) is 9.34. The lowest BCUT2D eigenvalue weighted by atomic mass is 10.0. The van der Waals surface area contributed by atoms with Gasteiger partial charge in [0, 0.05) is 0 Å². The molecule has 1 aliphatic rings. The van der Waals surface area contributed by atoms with Crippen molar-refractivity contribution >= 4 is 0 Å². The van der Waals surface area contributed by atoms with Crippen molar-refractivity contribution in [1.82, 2.24) is 0 Å². The Morgan fingerprint density at radius 1 is 0.750 bits per heavy atom. The van der Waals surface area contributed by atoms with Crippen LogP contribution in [-0.4, -0.2) is 12.1 Å². The third kappa shape index (κ3) is 8.29. The molecule has 0 spiro atoms. The first-order valence-electron chi connectivity index (χ1n) is 8.27. The van der Waals surface area contributed by atoms with Crippen molar-refractivity contribution in [3.8, 4) is 0 Å². The van der Waals surface area contributed by atoms with Gasteiger partial charge in [0.05, 0.1) is 12.1 Å².